The van der Waals surface area contributed by atoms with Gasteiger partial charge in [-0.05, 0) is 41.5 Å². The Kier molecular flexibility index (Phi) is 8.15. The summed E-state index contributed by atoms with van der Waals surface area (Å²) in [5, 5.41) is 17.2. The zero-order valence-corrected chi connectivity index (χ0v) is 28.6. The number of para-hydroxylation sites is 1. The van der Waals surface area contributed by atoms with Crippen LogP contribution in [0.25, 0.3) is 11.6 Å². The van der Waals surface area contributed by atoms with Crippen molar-refractivity contribution in [3.8, 4) is 17.3 Å². The first-order chi connectivity index (χ1) is 23.3. The number of carbonyl (C=O) groups is 2. The van der Waals surface area contributed by atoms with Gasteiger partial charge in [0.05, 0.1) is 18.5 Å². The van der Waals surface area contributed by atoms with Crippen molar-refractivity contribution in [2.75, 3.05) is 11.6 Å². The lowest BCUT2D eigenvalue weighted by atomic mass is 9.72. The van der Waals surface area contributed by atoms with E-state index >= 15 is 0 Å². The number of carbonyl (C=O) groups excluding carboxylic acids is 2. The lowest BCUT2D eigenvalue weighted by Gasteiger charge is -2.28. The summed E-state index contributed by atoms with van der Waals surface area (Å²) in [5.41, 5.74) is 2.82. The molecule has 49 heavy (non-hydrogen) atoms. The zero-order chi connectivity index (χ0) is 34.8. The fourth-order valence-electron chi connectivity index (χ4n) is 7.00. The van der Waals surface area contributed by atoms with Crippen LogP contribution in [0.1, 0.15) is 74.2 Å². The molecular weight excluding hydrogens is 650 g/mol. The minimum Gasteiger partial charge on any atom is -0.469 e. The molecule has 7 rings (SSSR count). The van der Waals surface area contributed by atoms with Gasteiger partial charge in [0.15, 0.2) is 23.5 Å². The van der Waals surface area contributed by atoms with Gasteiger partial charge in [-0.2, -0.15) is 0 Å². The molecule has 1 spiro atoms. The molecule has 4 bridgehead atoms. The molecule has 13 nitrogen and oxygen atoms in total. The summed E-state index contributed by atoms with van der Waals surface area (Å²) in [6.07, 6.45) is 0.678. The Bertz CT molecular complexity index is 2050. The number of benzene rings is 2. The van der Waals surface area contributed by atoms with Crippen molar-refractivity contribution >= 4 is 27.4 Å². The molecule has 1 amide bonds. The number of ether oxygens (including phenoxy) is 1. The van der Waals surface area contributed by atoms with Crippen LogP contribution < -0.4 is 20.1 Å². The lowest BCUT2D eigenvalue weighted by molar-refractivity contribution is -0.135. The fourth-order valence-corrected chi connectivity index (χ4v) is 7.41. The maximum absolute atomic E-state index is 14.0. The van der Waals surface area contributed by atoms with Crippen molar-refractivity contribution in [1.29, 1.82) is 0 Å². The molecule has 3 aliphatic heterocycles. The van der Waals surface area contributed by atoms with E-state index in [2.05, 4.69) is 20.3 Å². The van der Waals surface area contributed by atoms with E-state index in [4.69, 9.17) is 18.6 Å². The first kappa shape index (κ1) is 33.0. The quantitative estimate of drug-likeness (QED) is 0.200. The van der Waals surface area contributed by atoms with Gasteiger partial charge < -0.3 is 29.3 Å². The van der Waals surface area contributed by atoms with Gasteiger partial charge in [0.1, 0.15) is 29.6 Å². The summed E-state index contributed by atoms with van der Waals surface area (Å²) in [4.78, 5) is 36.8. The maximum atomic E-state index is 14.0. The minimum absolute atomic E-state index is 0.0911. The zero-order valence-electron chi connectivity index (χ0n) is 27.8. The second-order valence-electron chi connectivity index (χ2n) is 13.8. The highest BCUT2D eigenvalue weighted by Gasteiger charge is 2.61. The van der Waals surface area contributed by atoms with E-state index in [1.54, 1.807) is 13.8 Å². The minimum atomic E-state index is -3.49. The number of rotatable bonds is 9. The Balaban J connectivity index is 1.44. The van der Waals surface area contributed by atoms with E-state index in [9.17, 15) is 23.1 Å². The molecule has 258 valence electrons. The number of anilines is 1. The molecule has 4 aromatic rings. The Morgan fingerprint density at radius 2 is 1.88 bits per heavy atom. The smallest absolute Gasteiger partial charge is 0.249 e. The summed E-state index contributed by atoms with van der Waals surface area (Å²) in [6.45, 7) is 7.29. The Morgan fingerprint density at radius 3 is 2.61 bits per heavy atom. The van der Waals surface area contributed by atoms with E-state index in [1.165, 1.54) is 6.26 Å². The number of ketones is 1. The number of sulfonamides is 1. The number of aliphatic hydroxyl groups is 1. The summed E-state index contributed by atoms with van der Waals surface area (Å²) in [7, 11) is -3.49. The molecule has 4 N–H and O–H groups in total. The summed E-state index contributed by atoms with van der Waals surface area (Å²) in [6, 6.07) is 12.8. The van der Waals surface area contributed by atoms with Crippen LogP contribution in [0.15, 0.2) is 57.6 Å². The average Bonchev–Trinajstić information content (AvgIpc) is 3.82. The van der Waals surface area contributed by atoms with Gasteiger partial charge in [0.25, 0.3) is 0 Å². The molecular formula is C35H39N5O8S. The first-order valence-electron chi connectivity index (χ1n) is 16.3. The number of fused-ring (bicyclic) bond motifs is 4. The maximum Gasteiger partial charge on any atom is 0.249 e. The first-order valence-corrected chi connectivity index (χ1v) is 18.2. The predicted molar refractivity (Wildman–Crippen MR) is 178 cm³/mol. The van der Waals surface area contributed by atoms with Gasteiger partial charge in [0.2, 0.25) is 27.7 Å². The normalized spacial score (nSPS) is 23.2. The fraction of sp³-hybridized carbons (Fsp3) is 0.429. The predicted octanol–water partition coefficient (Wildman–Crippen LogP) is 3.82. The Labute approximate surface area is 283 Å². The van der Waals surface area contributed by atoms with Crippen LogP contribution in [0.3, 0.4) is 0 Å². The number of nitrogens with one attached hydrogen (secondary N) is 3. The molecule has 2 aromatic heterocycles. The van der Waals surface area contributed by atoms with Crippen molar-refractivity contribution in [2.24, 2.45) is 17.8 Å². The number of oxazole rings is 2. The van der Waals surface area contributed by atoms with Crippen LogP contribution in [-0.2, 0) is 38.0 Å². The second kappa shape index (κ2) is 12.1. The lowest BCUT2D eigenvalue weighted by Crippen LogP contribution is -2.41. The molecule has 5 heterocycles. The number of aliphatic hydroxyl groups excluding tert-OH is 1. The van der Waals surface area contributed by atoms with Gasteiger partial charge in [-0.1, -0.05) is 58.0 Å². The molecule has 0 saturated heterocycles. The number of hydrogen-bond donors (Lipinski definition) is 4. The third kappa shape index (κ3) is 5.71. The van der Waals surface area contributed by atoms with Crippen LogP contribution in [0.2, 0.25) is 0 Å². The van der Waals surface area contributed by atoms with Crippen molar-refractivity contribution in [1.82, 2.24) is 20.0 Å². The van der Waals surface area contributed by atoms with Crippen LogP contribution in [-0.4, -0.2) is 53.8 Å². The molecule has 0 fully saturated rings. The highest BCUT2D eigenvalue weighted by molar-refractivity contribution is 7.88. The molecule has 0 radical (unpaired) electrons. The van der Waals surface area contributed by atoms with E-state index in [1.807, 2.05) is 56.3 Å². The van der Waals surface area contributed by atoms with Gasteiger partial charge in [-0.3, -0.25) is 9.59 Å². The Morgan fingerprint density at radius 1 is 1.10 bits per heavy atom. The molecule has 0 aliphatic carbocycles. The Hall–Kier alpha value is -4.53. The molecule has 2 unspecified atom stereocenters. The second-order valence-corrected chi connectivity index (χ2v) is 15.6. The van der Waals surface area contributed by atoms with E-state index < -0.39 is 45.5 Å². The standard InChI is InChI=1S/C35H39N5O8S/c1-17(2)27-33-40-28(32-37-21(16-46-32)15-36-49(5,44)45)30(48-33)35-22-8-6-7-9-24(22)38-34(35)47-26-11-10-19(13-23(26)35)12-20(31(43)39-27)14-25(41)29(42)18(3)4/h6-11,13,16-18,20,27,29,34,36,38,42H,12,14-15H2,1-5H3,(H,39,43)/t20?,27-,29-,34-,35?/m0/s1. The van der Waals surface area contributed by atoms with E-state index in [0.29, 0.717) is 17.2 Å². The molecule has 5 atom stereocenters. The van der Waals surface area contributed by atoms with Gasteiger partial charge in [-0.15, -0.1) is 0 Å². The third-order valence-corrected chi connectivity index (χ3v) is 10.2. The van der Waals surface area contributed by atoms with Crippen LogP contribution in [0.4, 0.5) is 5.69 Å². The summed E-state index contributed by atoms with van der Waals surface area (Å²) in [5.74, 6) is -0.740. The molecule has 3 aliphatic rings. The molecule has 0 saturated carbocycles. The number of nitrogens with zero attached hydrogens (tertiary/aromatic N) is 2. The number of aromatic nitrogens is 2. The van der Waals surface area contributed by atoms with Gasteiger partial charge >= 0.3 is 0 Å². The molecule has 2 aromatic carbocycles. The van der Waals surface area contributed by atoms with Crippen LogP contribution in [0, 0.1) is 17.8 Å². The monoisotopic (exact) mass is 689 g/mol. The highest BCUT2D eigenvalue weighted by atomic mass is 32.2. The highest BCUT2D eigenvalue weighted by Crippen LogP contribution is 2.59. The van der Waals surface area contributed by atoms with Crippen molar-refractivity contribution < 1.29 is 36.7 Å². The summed E-state index contributed by atoms with van der Waals surface area (Å²) < 4.78 is 45.3. The number of amides is 1. The van der Waals surface area contributed by atoms with Crippen molar-refractivity contribution in [3.05, 3.63) is 82.8 Å². The SMILES string of the molecule is CC(C)[C@H](O)C(=O)CC1Cc2ccc3c(c2)C2(c4ccccc4N[C@H]2O3)c2oc(nc2-c2nc(CNS(C)(=O)=O)co2)[C@H](C(C)C)NC1=O. The topological polar surface area (TPSA) is 186 Å². The largest absolute Gasteiger partial charge is 0.469 e. The average molecular weight is 690 g/mol. The van der Waals surface area contributed by atoms with Gasteiger partial charge in [0, 0.05) is 23.6 Å². The summed E-state index contributed by atoms with van der Waals surface area (Å²) >= 11 is 0. The third-order valence-electron chi connectivity index (χ3n) is 9.51. The van der Waals surface area contributed by atoms with E-state index in [0.717, 1.165) is 28.6 Å². The van der Waals surface area contributed by atoms with E-state index in [-0.39, 0.29) is 54.6 Å². The number of hydrogen-bond acceptors (Lipinski definition) is 11. The van der Waals surface area contributed by atoms with Crippen molar-refractivity contribution in [2.45, 2.75) is 70.9 Å². The number of Topliss-reactive ketones (excluding diaryl/α,β-unsaturated/α-hetero) is 1. The van der Waals surface area contributed by atoms with Crippen LogP contribution >= 0.6 is 0 Å². The molecule has 14 heteroatoms. The van der Waals surface area contributed by atoms with Crippen LogP contribution in [0.5, 0.6) is 5.75 Å². The van der Waals surface area contributed by atoms with Gasteiger partial charge in [-0.25, -0.2) is 23.1 Å². The van der Waals surface area contributed by atoms with Crippen molar-refractivity contribution in [3.63, 3.8) is 0 Å².